The third-order valence-corrected chi connectivity index (χ3v) is 8.16. The highest BCUT2D eigenvalue weighted by molar-refractivity contribution is 7.89. The molecule has 172 valence electrons. The fraction of sp³-hybridized carbons (Fsp3) is 0.458. The Morgan fingerprint density at radius 1 is 0.969 bits per heavy atom. The number of nitrogens with zero attached hydrogens (tertiary/aromatic N) is 2. The van der Waals surface area contributed by atoms with Gasteiger partial charge in [-0.25, -0.2) is 8.42 Å². The first-order valence-corrected chi connectivity index (χ1v) is 12.7. The molecule has 4 rings (SSSR count). The summed E-state index contributed by atoms with van der Waals surface area (Å²) < 4.78 is 33.9. The first kappa shape index (κ1) is 22.9. The summed E-state index contributed by atoms with van der Waals surface area (Å²) in [5, 5.41) is 3.02. The second-order valence-corrected chi connectivity index (χ2v) is 10.2. The molecule has 0 aromatic heterocycles. The van der Waals surface area contributed by atoms with Crippen LogP contribution in [-0.4, -0.2) is 69.5 Å². The number of benzene rings is 2. The summed E-state index contributed by atoms with van der Waals surface area (Å²) in [6.07, 6.45) is 1.27. The molecule has 2 aliphatic rings. The van der Waals surface area contributed by atoms with Gasteiger partial charge in [-0.05, 0) is 30.5 Å². The van der Waals surface area contributed by atoms with Crippen LogP contribution in [0.25, 0.3) is 0 Å². The van der Waals surface area contributed by atoms with Gasteiger partial charge in [-0.2, -0.15) is 4.31 Å². The highest BCUT2D eigenvalue weighted by atomic mass is 32.2. The number of carbonyl (C=O) groups excluding carboxylic acids is 1. The van der Waals surface area contributed by atoms with Crippen molar-refractivity contribution < 1.29 is 17.9 Å². The van der Waals surface area contributed by atoms with Gasteiger partial charge >= 0.3 is 0 Å². The van der Waals surface area contributed by atoms with E-state index in [1.165, 1.54) is 4.31 Å². The van der Waals surface area contributed by atoms with Crippen molar-refractivity contribution in [3.63, 3.8) is 0 Å². The van der Waals surface area contributed by atoms with Crippen molar-refractivity contribution in [2.75, 3.05) is 45.9 Å². The van der Waals surface area contributed by atoms with Gasteiger partial charge in [0.25, 0.3) is 0 Å². The van der Waals surface area contributed by atoms with Gasteiger partial charge in [-0.15, -0.1) is 0 Å². The van der Waals surface area contributed by atoms with E-state index < -0.39 is 10.0 Å². The van der Waals surface area contributed by atoms with Gasteiger partial charge in [0.2, 0.25) is 15.9 Å². The first-order chi connectivity index (χ1) is 15.6. The third kappa shape index (κ3) is 5.38. The van der Waals surface area contributed by atoms with E-state index in [9.17, 15) is 13.2 Å². The van der Waals surface area contributed by atoms with Crippen LogP contribution in [0.15, 0.2) is 65.6 Å². The maximum Gasteiger partial charge on any atom is 0.243 e. The number of morpholine rings is 1. The highest BCUT2D eigenvalue weighted by Crippen LogP contribution is 2.37. The van der Waals surface area contributed by atoms with Crippen LogP contribution in [0.5, 0.6) is 0 Å². The topological polar surface area (TPSA) is 79.0 Å². The Kier molecular flexibility index (Phi) is 7.57. The molecule has 0 saturated carbocycles. The Hall–Kier alpha value is -2.26. The quantitative estimate of drug-likeness (QED) is 0.690. The lowest BCUT2D eigenvalue weighted by Gasteiger charge is -2.38. The molecule has 2 saturated heterocycles. The lowest BCUT2D eigenvalue weighted by molar-refractivity contribution is -0.126. The predicted octanol–water partition coefficient (Wildman–Crippen LogP) is 2.28. The minimum atomic E-state index is -3.73. The summed E-state index contributed by atoms with van der Waals surface area (Å²) in [4.78, 5) is 15.4. The van der Waals surface area contributed by atoms with E-state index in [0.717, 1.165) is 38.4 Å². The van der Waals surface area contributed by atoms with Crippen molar-refractivity contribution in [3.05, 3.63) is 66.2 Å². The van der Waals surface area contributed by atoms with Crippen LogP contribution in [0.4, 0.5) is 0 Å². The molecule has 2 aromatic rings. The van der Waals surface area contributed by atoms with Crippen molar-refractivity contribution in [1.29, 1.82) is 0 Å². The molecule has 2 atom stereocenters. The molecule has 0 radical (unpaired) electrons. The maximum atomic E-state index is 13.5. The van der Waals surface area contributed by atoms with Crippen LogP contribution in [0.3, 0.4) is 0 Å². The Morgan fingerprint density at radius 2 is 1.62 bits per heavy atom. The van der Waals surface area contributed by atoms with E-state index in [2.05, 4.69) is 10.2 Å². The van der Waals surface area contributed by atoms with Gasteiger partial charge in [0.15, 0.2) is 0 Å². The minimum absolute atomic E-state index is 0.0713. The number of ether oxygens (including phenoxy) is 1. The highest BCUT2D eigenvalue weighted by Gasteiger charge is 2.39. The van der Waals surface area contributed by atoms with Gasteiger partial charge < -0.3 is 10.1 Å². The van der Waals surface area contributed by atoms with Crippen molar-refractivity contribution in [3.8, 4) is 0 Å². The smallest absolute Gasteiger partial charge is 0.243 e. The zero-order valence-electron chi connectivity index (χ0n) is 18.2. The zero-order chi connectivity index (χ0) is 22.4. The molecule has 2 aromatic carbocycles. The van der Waals surface area contributed by atoms with E-state index in [0.29, 0.717) is 19.4 Å². The molecule has 0 bridgehead atoms. The lowest BCUT2D eigenvalue weighted by Crippen LogP contribution is -2.48. The number of carbonyl (C=O) groups is 1. The maximum absolute atomic E-state index is 13.5. The molecule has 32 heavy (non-hydrogen) atoms. The molecule has 2 fully saturated rings. The van der Waals surface area contributed by atoms with E-state index in [1.807, 2.05) is 30.3 Å². The zero-order valence-corrected chi connectivity index (χ0v) is 19.0. The largest absolute Gasteiger partial charge is 0.379 e. The standard InChI is InChI=1S/C24H31N3O4S/c28-24(25-13-14-26-15-17-31-18-16-26)21-11-12-23(20-7-3-1-4-8-20)27(19-21)32(29,30)22-9-5-2-6-10-22/h1-10,21,23H,11-19H2,(H,25,28). The Bertz CT molecular complexity index is 979. The molecule has 8 heteroatoms. The first-order valence-electron chi connectivity index (χ1n) is 11.3. The summed E-state index contributed by atoms with van der Waals surface area (Å²) in [5.74, 6) is -0.434. The van der Waals surface area contributed by atoms with E-state index in [-0.39, 0.29) is 29.3 Å². The van der Waals surface area contributed by atoms with Gasteiger partial charge in [0.1, 0.15) is 0 Å². The van der Waals surface area contributed by atoms with Gasteiger partial charge in [-0.1, -0.05) is 48.5 Å². The molecule has 1 N–H and O–H groups in total. The third-order valence-electron chi connectivity index (χ3n) is 6.27. The van der Waals surface area contributed by atoms with Gasteiger partial charge in [0, 0.05) is 32.7 Å². The molecule has 2 heterocycles. The summed E-state index contributed by atoms with van der Waals surface area (Å²) in [6.45, 7) is 4.72. The number of hydrogen-bond donors (Lipinski definition) is 1. The van der Waals surface area contributed by atoms with E-state index >= 15 is 0 Å². The Balaban J connectivity index is 1.47. The van der Waals surface area contributed by atoms with Crippen LogP contribution >= 0.6 is 0 Å². The van der Waals surface area contributed by atoms with Crippen molar-refractivity contribution in [2.24, 2.45) is 5.92 Å². The Morgan fingerprint density at radius 3 is 2.31 bits per heavy atom. The molecule has 7 nitrogen and oxygen atoms in total. The number of sulfonamides is 1. The molecule has 2 aliphatic heterocycles. The Labute approximate surface area is 190 Å². The summed E-state index contributed by atoms with van der Waals surface area (Å²) in [7, 11) is -3.73. The van der Waals surface area contributed by atoms with Crippen LogP contribution in [0.2, 0.25) is 0 Å². The second-order valence-electron chi connectivity index (χ2n) is 8.33. The SMILES string of the molecule is O=C(NCCN1CCOCC1)C1CCC(c2ccccc2)N(S(=O)(=O)c2ccccc2)C1. The predicted molar refractivity (Wildman–Crippen MR) is 123 cm³/mol. The monoisotopic (exact) mass is 457 g/mol. The molecular weight excluding hydrogens is 426 g/mol. The average molecular weight is 458 g/mol. The lowest BCUT2D eigenvalue weighted by atomic mass is 9.90. The number of nitrogens with one attached hydrogen (secondary N) is 1. The van der Waals surface area contributed by atoms with Crippen LogP contribution < -0.4 is 5.32 Å². The minimum Gasteiger partial charge on any atom is -0.379 e. The fourth-order valence-corrected chi connectivity index (χ4v) is 6.17. The van der Waals surface area contributed by atoms with Gasteiger partial charge in [-0.3, -0.25) is 9.69 Å². The van der Waals surface area contributed by atoms with E-state index in [1.54, 1.807) is 30.3 Å². The van der Waals surface area contributed by atoms with Crippen LogP contribution in [0.1, 0.15) is 24.4 Å². The van der Waals surface area contributed by atoms with Crippen molar-refractivity contribution >= 4 is 15.9 Å². The molecule has 1 amide bonds. The number of piperidine rings is 1. The number of amides is 1. The van der Waals surface area contributed by atoms with E-state index in [4.69, 9.17) is 4.74 Å². The fourth-order valence-electron chi connectivity index (χ4n) is 4.46. The second kappa shape index (κ2) is 10.6. The molecular formula is C24H31N3O4S. The van der Waals surface area contributed by atoms with Crippen LogP contribution in [0, 0.1) is 5.92 Å². The summed E-state index contributed by atoms with van der Waals surface area (Å²) in [5.41, 5.74) is 0.957. The molecule has 0 spiro atoms. The number of rotatable bonds is 7. The van der Waals surface area contributed by atoms with Gasteiger partial charge in [0.05, 0.1) is 30.1 Å². The average Bonchev–Trinajstić information content (AvgIpc) is 2.85. The van der Waals surface area contributed by atoms with Crippen molar-refractivity contribution in [1.82, 2.24) is 14.5 Å². The van der Waals surface area contributed by atoms with Crippen molar-refractivity contribution in [2.45, 2.75) is 23.8 Å². The summed E-state index contributed by atoms with van der Waals surface area (Å²) >= 11 is 0. The number of hydrogen-bond acceptors (Lipinski definition) is 5. The summed E-state index contributed by atoms with van der Waals surface area (Å²) in [6, 6.07) is 17.9. The normalized spacial score (nSPS) is 23.0. The molecule has 0 aliphatic carbocycles. The molecule has 2 unspecified atom stereocenters. The van der Waals surface area contributed by atoms with Crippen LogP contribution in [-0.2, 0) is 19.6 Å².